The molecule has 0 spiro atoms. The van der Waals surface area contributed by atoms with Crippen LogP contribution >= 0.6 is 11.6 Å². The van der Waals surface area contributed by atoms with Gasteiger partial charge in [-0.25, -0.2) is 0 Å². The molecule has 7 heteroatoms. The molecule has 0 radical (unpaired) electrons. The van der Waals surface area contributed by atoms with Crippen LogP contribution in [0.2, 0.25) is 5.02 Å². The van der Waals surface area contributed by atoms with E-state index in [4.69, 9.17) is 16.3 Å². The molecule has 0 amide bonds. The van der Waals surface area contributed by atoms with Gasteiger partial charge in [0.2, 0.25) is 5.60 Å². The molecular formula is C14H16ClF3O3. The van der Waals surface area contributed by atoms with Crippen LogP contribution in [-0.2, 0) is 10.2 Å². The number of alkyl halides is 3. The standard InChI is InChI=1S/C14H16ClF3O3/c1-12(2,7-13(20,8-19)14(16,17)18)10-5-4-9(21-3)6-11(10)15/h4-6,8,20H,7H2,1-3H3. The number of benzene rings is 1. The van der Waals surface area contributed by atoms with Crippen LogP contribution in [0.3, 0.4) is 0 Å². The molecule has 1 atom stereocenters. The van der Waals surface area contributed by atoms with E-state index in [0.717, 1.165) is 0 Å². The zero-order chi connectivity index (χ0) is 16.5. The third-order valence-corrected chi connectivity index (χ3v) is 3.62. The van der Waals surface area contributed by atoms with E-state index in [-0.39, 0.29) is 5.02 Å². The quantitative estimate of drug-likeness (QED) is 0.843. The van der Waals surface area contributed by atoms with Crippen molar-refractivity contribution < 1.29 is 27.8 Å². The second kappa shape index (κ2) is 5.85. The lowest BCUT2D eigenvalue weighted by Gasteiger charge is -2.34. The van der Waals surface area contributed by atoms with Crippen molar-refractivity contribution in [3.8, 4) is 5.75 Å². The van der Waals surface area contributed by atoms with E-state index in [1.54, 1.807) is 6.07 Å². The van der Waals surface area contributed by atoms with Crippen LogP contribution in [0.25, 0.3) is 0 Å². The Morgan fingerprint density at radius 2 is 1.90 bits per heavy atom. The summed E-state index contributed by atoms with van der Waals surface area (Å²) in [5, 5.41) is 9.79. The molecule has 1 N–H and O–H groups in total. The first-order valence-corrected chi connectivity index (χ1v) is 6.44. The van der Waals surface area contributed by atoms with Crippen LogP contribution in [0.15, 0.2) is 18.2 Å². The van der Waals surface area contributed by atoms with Crippen molar-refractivity contribution >= 4 is 17.9 Å². The van der Waals surface area contributed by atoms with Gasteiger partial charge >= 0.3 is 6.18 Å². The summed E-state index contributed by atoms with van der Waals surface area (Å²) in [6.07, 6.45) is -6.36. The fraction of sp³-hybridized carbons (Fsp3) is 0.500. The minimum Gasteiger partial charge on any atom is -0.497 e. The highest BCUT2D eigenvalue weighted by Crippen LogP contribution is 2.42. The number of aldehydes is 1. The van der Waals surface area contributed by atoms with Crippen molar-refractivity contribution in [2.45, 2.75) is 37.5 Å². The van der Waals surface area contributed by atoms with Gasteiger partial charge in [0.1, 0.15) is 5.75 Å². The van der Waals surface area contributed by atoms with Crippen molar-refractivity contribution in [3.63, 3.8) is 0 Å². The van der Waals surface area contributed by atoms with E-state index in [9.17, 15) is 23.1 Å². The molecule has 0 heterocycles. The Kier molecular flexibility index (Phi) is 4.95. The maximum absolute atomic E-state index is 12.8. The molecule has 21 heavy (non-hydrogen) atoms. The van der Waals surface area contributed by atoms with Crippen LogP contribution in [0.1, 0.15) is 25.8 Å². The molecular weight excluding hydrogens is 309 g/mol. The minimum absolute atomic E-state index is 0.203. The second-order valence-electron chi connectivity index (χ2n) is 5.45. The number of carbonyl (C=O) groups excluding carboxylic acids is 1. The Morgan fingerprint density at radius 3 is 2.29 bits per heavy atom. The van der Waals surface area contributed by atoms with Crippen LogP contribution in [0.4, 0.5) is 13.2 Å². The van der Waals surface area contributed by atoms with Crippen molar-refractivity contribution in [1.82, 2.24) is 0 Å². The zero-order valence-corrected chi connectivity index (χ0v) is 12.5. The highest BCUT2D eigenvalue weighted by Gasteiger charge is 2.56. The highest BCUT2D eigenvalue weighted by atomic mass is 35.5. The number of halogens is 4. The summed E-state index contributed by atoms with van der Waals surface area (Å²) in [4.78, 5) is 10.7. The van der Waals surface area contributed by atoms with Gasteiger partial charge in [0.25, 0.3) is 0 Å². The van der Waals surface area contributed by atoms with Crippen molar-refractivity contribution in [2.75, 3.05) is 7.11 Å². The van der Waals surface area contributed by atoms with Crippen LogP contribution < -0.4 is 4.74 Å². The van der Waals surface area contributed by atoms with Crippen LogP contribution in [0, 0.1) is 0 Å². The normalized spacial score (nSPS) is 15.4. The van der Waals surface area contributed by atoms with E-state index in [1.807, 2.05) is 0 Å². The number of hydrogen-bond donors (Lipinski definition) is 1. The fourth-order valence-corrected chi connectivity index (χ4v) is 2.58. The van der Waals surface area contributed by atoms with Gasteiger partial charge in [-0.05, 0) is 23.1 Å². The van der Waals surface area contributed by atoms with Gasteiger partial charge < -0.3 is 9.84 Å². The smallest absolute Gasteiger partial charge is 0.424 e. The molecule has 0 aliphatic heterocycles. The molecule has 0 aliphatic carbocycles. The Bertz CT molecular complexity index is 529. The lowest BCUT2D eigenvalue weighted by molar-refractivity contribution is -0.250. The molecule has 1 unspecified atom stereocenters. The molecule has 3 nitrogen and oxygen atoms in total. The fourth-order valence-electron chi connectivity index (χ4n) is 2.15. The van der Waals surface area contributed by atoms with Gasteiger partial charge in [0.15, 0.2) is 6.29 Å². The molecule has 0 saturated carbocycles. The molecule has 118 valence electrons. The summed E-state index contributed by atoms with van der Waals surface area (Å²) in [7, 11) is 1.44. The van der Waals surface area contributed by atoms with Crippen LogP contribution in [-0.4, -0.2) is 30.3 Å². The van der Waals surface area contributed by atoms with Gasteiger partial charge in [-0.2, -0.15) is 13.2 Å². The first-order valence-electron chi connectivity index (χ1n) is 6.06. The van der Waals surface area contributed by atoms with Gasteiger partial charge in [-0.15, -0.1) is 0 Å². The monoisotopic (exact) mass is 324 g/mol. The van der Waals surface area contributed by atoms with E-state index in [2.05, 4.69) is 0 Å². The number of methoxy groups -OCH3 is 1. The molecule has 0 aromatic heterocycles. The second-order valence-corrected chi connectivity index (χ2v) is 5.85. The number of carbonyl (C=O) groups is 1. The average Bonchev–Trinajstić information content (AvgIpc) is 2.36. The van der Waals surface area contributed by atoms with Gasteiger partial charge in [0, 0.05) is 11.4 Å². The van der Waals surface area contributed by atoms with Crippen LogP contribution in [0.5, 0.6) is 5.75 Å². The summed E-state index contributed by atoms with van der Waals surface area (Å²) >= 11 is 6.05. The third-order valence-electron chi connectivity index (χ3n) is 3.30. The average molecular weight is 325 g/mol. The molecule has 1 aromatic rings. The van der Waals surface area contributed by atoms with Gasteiger partial charge in [-0.1, -0.05) is 31.5 Å². The highest BCUT2D eigenvalue weighted by molar-refractivity contribution is 6.31. The minimum atomic E-state index is -5.05. The van der Waals surface area contributed by atoms with Crippen molar-refractivity contribution in [3.05, 3.63) is 28.8 Å². The van der Waals surface area contributed by atoms with E-state index >= 15 is 0 Å². The SMILES string of the molecule is COc1ccc(C(C)(C)CC(O)(C=O)C(F)(F)F)c(Cl)c1. The molecule has 0 fully saturated rings. The Balaban J connectivity index is 3.20. The first-order chi connectivity index (χ1) is 9.47. The third kappa shape index (κ3) is 3.68. The maximum atomic E-state index is 12.8. The first kappa shape index (κ1) is 17.8. The van der Waals surface area contributed by atoms with Gasteiger partial charge in [0.05, 0.1) is 7.11 Å². The Hall–Kier alpha value is -1.27. The summed E-state index contributed by atoms with van der Waals surface area (Å²) in [5.41, 5.74) is -4.21. The zero-order valence-electron chi connectivity index (χ0n) is 11.8. The summed E-state index contributed by atoms with van der Waals surface area (Å²) in [5.74, 6) is 0.459. The van der Waals surface area contributed by atoms with E-state index in [0.29, 0.717) is 11.3 Å². The number of aliphatic hydroxyl groups is 1. The summed E-state index contributed by atoms with van der Waals surface area (Å²) < 4.78 is 43.5. The Labute approximate surface area is 125 Å². The van der Waals surface area contributed by atoms with Crippen molar-refractivity contribution in [2.24, 2.45) is 0 Å². The predicted molar refractivity (Wildman–Crippen MR) is 72.7 cm³/mol. The number of ether oxygens (including phenoxy) is 1. The maximum Gasteiger partial charge on any atom is 0.424 e. The largest absolute Gasteiger partial charge is 0.497 e. The number of hydrogen-bond acceptors (Lipinski definition) is 3. The summed E-state index contributed by atoms with van der Waals surface area (Å²) in [6.45, 7) is 2.95. The van der Waals surface area contributed by atoms with Crippen molar-refractivity contribution in [1.29, 1.82) is 0 Å². The number of rotatable bonds is 5. The lowest BCUT2D eigenvalue weighted by atomic mass is 9.75. The predicted octanol–water partition coefficient (Wildman–Crippen LogP) is 3.51. The van der Waals surface area contributed by atoms with Gasteiger partial charge in [-0.3, -0.25) is 4.79 Å². The molecule has 0 saturated heterocycles. The topological polar surface area (TPSA) is 46.5 Å². The Morgan fingerprint density at radius 1 is 1.33 bits per heavy atom. The molecule has 0 bridgehead atoms. The van der Waals surface area contributed by atoms with E-state index in [1.165, 1.54) is 33.1 Å². The summed E-state index contributed by atoms with van der Waals surface area (Å²) in [6, 6.07) is 4.53. The van der Waals surface area contributed by atoms with E-state index < -0.39 is 29.9 Å². The molecule has 1 rings (SSSR count). The lowest BCUT2D eigenvalue weighted by Crippen LogP contribution is -2.50. The molecule has 0 aliphatic rings. The molecule has 1 aromatic carbocycles.